The highest BCUT2D eigenvalue weighted by Gasteiger charge is 2.23. The van der Waals surface area contributed by atoms with Gasteiger partial charge in [0.05, 0.1) is 5.39 Å². The summed E-state index contributed by atoms with van der Waals surface area (Å²) in [6.45, 7) is 7.66. The van der Waals surface area contributed by atoms with Crippen LogP contribution in [0.3, 0.4) is 0 Å². The summed E-state index contributed by atoms with van der Waals surface area (Å²) in [4.78, 5) is 4.85. The van der Waals surface area contributed by atoms with E-state index in [0.717, 1.165) is 49.2 Å². The number of benzene rings is 1. The lowest BCUT2D eigenvalue weighted by atomic mass is 9.81. The van der Waals surface area contributed by atoms with Gasteiger partial charge in [-0.15, -0.1) is 0 Å². The Labute approximate surface area is 148 Å². The number of nitrogens with zero attached hydrogens (tertiary/aromatic N) is 3. The molecule has 0 N–H and O–H groups in total. The van der Waals surface area contributed by atoms with E-state index in [-0.39, 0.29) is 5.82 Å². The Bertz CT molecular complexity index is 700. The summed E-state index contributed by atoms with van der Waals surface area (Å²) < 4.78 is 18.6. The average molecular weight is 345 g/mol. The molecular weight excluding hydrogens is 317 g/mol. The van der Waals surface area contributed by atoms with E-state index in [9.17, 15) is 4.39 Å². The highest BCUT2D eigenvalue weighted by Crippen LogP contribution is 2.31. The number of hydrogen-bond donors (Lipinski definition) is 0. The number of anilines is 1. The van der Waals surface area contributed by atoms with Crippen molar-refractivity contribution in [2.75, 3.05) is 37.6 Å². The predicted octanol–water partition coefficient (Wildman–Crippen LogP) is 4.31. The lowest BCUT2D eigenvalue weighted by molar-refractivity contribution is 0.208. The van der Waals surface area contributed by atoms with Gasteiger partial charge in [0.25, 0.3) is 0 Å². The molecule has 1 saturated heterocycles. The highest BCUT2D eigenvalue weighted by molar-refractivity contribution is 5.88. The van der Waals surface area contributed by atoms with E-state index in [0.29, 0.717) is 5.58 Å². The van der Waals surface area contributed by atoms with Crippen LogP contribution in [0.5, 0.6) is 0 Å². The molecule has 2 fully saturated rings. The third kappa shape index (κ3) is 3.81. The Kier molecular flexibility index (Phi) is 4.93. The number of aromatic nitrogens is 1. The van der Waals surface area contributed by atoms with Crippen molar-refractivity contribution in [1.82, 2.24) is 10.1 Å². The molecule has 1 aromatic carbocycles. The molecule has 1 aromatic heterocycles. The van der Waals surface area contributed by atoms with Crippen molar-refractivity contribution in [1.29, 1.82) is 0 Å². The van der Waals surface area contributed by atoms with Crippen LogP contribution >= 0.6 is 0 Å². The van der Waals surface area contributed by atoms with Crippen molar-refractivity contribution in [2.24, 2.45) is 11.8 Å². The number of hydrogen-bond acceptors (Lipinski definition) is 4. The normalized spacial score (nSPS) is 25.6. The second-order valence-corrected chi connectivity index (χ2v) is 7.89. The van der Waals surface area contributed by atoms with Gasteiger partial charge in [0.1, 0.15) is 5.82 Å². The zero-order valence-corrected chi connectivity index (χ0v) is 15.1. The van der Waals surface area contributed by atoms with Crippen LogP contribution in [0.25, 0.3) is 11.0 Å². The zero-order chi connectivity index (χ0) is 17.2. The van der Waals surface area contributed by atoms with E-state index in [1.807, 2.05) is 0 Å². The van der Waals surface area contributed by atoms with Gasteiger partial charge in [-0.3, -0.25) is 4.90 Å². The van der Waals surface area contributed by atoms with Crippen LogP contribution < -0.4 is 4.90 Å². The van der Waals surface area contributed by atoms with Crippen LogP contribution in [0.1, 0.15) is 39.0 Å². The molecule has 4 nitrogen and oxygen atoms in total. The van der Waals surface area contributed by atoms with Crippen LogP contribution in [0.15, 0.2) is 22.7 Å². The molecule has 5 heteroatoms. The molecule has 1 saturated carbocycles. The number of halogens is 1. The topological polar surface area (TPSA) is 32.5 Å². The van der Waals surface area contributed by atoms with Crippen molar-refractivity contribution in [3.8, 4) is 0 Å². The summed E-state index contributed by atoms with van der Waals surface area (Å²) in [5, 5.41) is 5.09. The van der Waals surface area contributed by atoms with E-state index < -0.39 is 0 Å². The van der Waals surface area contributed by atoms with Gasteiger partial charge in [0, 0.05) is 32.2 Å². The second kappa shape index (κ2) is 7.32. The van der Waals surface area contributed by atoms with E-state index >= 15 is 0 Å². The molecule has 0 amide bonds. The summed E-state index contributed by atoms with van der Waals surface area (Å²) in [5.74, 6) is 2.45. The van der Waals surface area contributed by atoms with Crippen LogP contribution in [0.4, 0.5) is 10.2 Å². The Morgan fingerprint density at radius 2 is 1.88 bits per heavy atom. The molecule has 2 aromatic rings. The van der Waals surface area contributed by atoms with Gasteiger partial charge >= 0.3 is 0 Å². The fourth-order valence-electron chi connectivity index (χ4n) is 4.29. The third-order valence-corrected chi connectivity index (χ3v) is 6.08. The van der Waals surface area contributed by atoms with Crippen LogP contribution in [0, 0.1) is 17.7 Å². The standard InChI is InChI=1S/C20H28FN3O/c1-15-2-4-16(5-3-15)8-9-23-10-12-24(13-11-23)20-18-7-6-17(21)14-19(18)25-22-20/h6-7,14-16H,2-5,8-13H2,1H3. The minimum atomic E-state index is -0.280. The summed E-state index contributed by atoms with van der Waals surface area (Å²) in [6, 6.07) is 4.66. The van der Waals surface area contributed by atoms with E-state index in [1.54, 1.807) is 6.07 Å². The first-order valence-corrected chi connectivity index (χ1v) is 9.71. The smallest absolute Gasteiger partial charge is 0.180 e. The first kappa shape index (κ1) is 16.8. The van der Waals surface area contributed by atoms with Crippen molar-refractivity contribution >= 4 is 16.8 Å². The number of fused-ring (bicyclic) bond motifs is 1. The Balaban J connectivity index is 1.29. The van der Waals surface area contributed by atoms with Crippen LogP contribution in [-0.2, 0) is 0 Å². The zero-order valence-electron chi connectivity index (χ0n) is 15.1. The summed E-state index contributed by atoms with van der Waals surface area (Å²) in [5.41, 5.74) is 0.531. The van der Waals surface area contributed by atoms with E-state index in [4.69, 9.17) is 4.52 Å². The molecule has 0 radical (unpaired) electrons. The molecule has 2 aliphatic rings. The molecule has 1 aliphatic heterocycles. The van der Waals surface area contributed by atoms with Crippen molar-refractivity contribution in [2.45, 2.75) is 39.0 Å². The Morgan fingerprint density at radius 1 is 1.12 bits per heavy atom. The quantitative estimate of drug-likeness (QED) is 0.827. The van der Waals surface area contributed by atoms with Gasteiger partial charge in [-0.1, -0.05) is 37.8 Å². The fraction of sp³-hybridized carbons (Fsp3) is 0.650. The molecule has 4 rings (SSSR count). The van der Waals surface area contributed by atoms with Gasteiger partial charge in [0.2, 0.25) is 0 Å². The molecule has 136 valence electrons. The molecule has 0 bridgehead atoms. The number of rotatable bonds is 4. The molecule has 2 heterocycles. The highest BCUT2D eigenvalue weighted by atomic mass is 19.1. The van der Waals surface area contributed by atoms with Crippen molar-refractivity contribution in [3.63, 3.8) is 0 Å². The summed E-state index contributed by atoms with van der Waals surface area (Å²) in [7, 11) is 0. The van der Waals surface area contributed by atoms with Crippen molar-refractivity contribution in [3.05, 3.63) is 24.0 Å². The maximum atomic E-state index is 13.3. The summed E-state index contributed by atoms with van der Waals surface area (Å²) >= 11 is 0. The lowest BCUT2D eigenvalue weighted by Crippen LogP contribution is -2.47. The lowest BCUT2D eigenvalue weighted by Gasteiger charge is -2.36. The van der Waals surface area contributed by atoms with Gasteiger partial charge in [0.15, 0.2) is 11.4 Å². The molecule has 0 unspecified atom stereocenters. The maximum Gasteiger partial charge on any atom is 0.180 e. The number of piperazine rings is 1. The third-order valence-electron chi connectivity index (χ3n) is 6.08. The van der Waals surface area contributed by atoms with E-state index in [1.165, 1.54) is 50.8 Å². The SMILES string of the molecule is CC1CCC(CCN2CCN(c3noc4cc(F)ccc34)CC2)CC1. The van der Waals surface area contributed by atoms with Gasteiger partial charge in [-0.2, -0.15) is 0 Å². The molecule has 0 spiro atoms. The maximum absolute atomic E-state index is 13.3. The Morgan fingerprint density at radius 3 is 2.64 bits per heavy atom. The monoisotopic (exact) mass is 345 g/mol. The average Bonchev–Trinajstić information content (AvgIpc) is 3.04. The minimum absolute atomic E-state index is 0.280. The molecule has 0 atom stereocenters. The second-order valence-electron chi connectivity index (χ2n) is 7.89. The molecule has 25 heavy (non-hydrogen) atoms. The Hall–Kier alpha value is -1.62. The first-order valence-electron chi connectivity index (χ1n) is 9.71. The molecular formula is C20H28FN3O. The van der Waals surface area contributed by atoms with E-state index in [2.05, 4.69) is 21.9 Å². The van der Waals surface area contributed by atoms with Gasteiger partial charge < -0.3 is 9.42 Å². The predicted molar refractivity (Wildman–Crippen MR) is 98.4 cm³/mol. The first-order chi connectivity index (χ1) is 12.2. The van der Waals surface area contributed by atoms with Gasteiger partial charge in [-0.05, 0) is 36.9 Å². The van der Waals surface area contributed by atoms with Crippen molar-refractivity contribution < 1.29 is 8.91 Å². The fourth-order valence-corrected chi connectivity index (χ4v) is 4.29. The summed E-state index contributed by atoms with van der Waals surface area (Å²) in [6.07, 6.45) is 7.01. The molecule has 1 aliphatic carbocycles. The van der Waals surface area contributed by atoms with Crippen LogP contribution in [-0.4, -0.2) is 42.8 Å². The minimum Gasteiger partial charge on any atom is -0.354 e. The van der Waals surface area contributed by atoms with Crippen LogP contribution in [0.2, 0.25) is 0 Å². The van der Waals surface area contributed by atoms with Gasteiger partial charge in [-0.25, -0.2) is 4.39 Å². The largest absolute Gasteiger partial charge is 0.354 e.